The van der Waals surface area contributed by atoms with Gasteiger partial charge in [0, 0.05) is 15.4 Å². The van der Waals surface area contributed by atoms with Crippen molar-refractivity contribution in [1.29, 1.82) is 0 Å². The van der Waals surface area contributed by atoms with Crippen molar-refractivity contribution >= 4 is 51.7 Å². The maximum atomic E-state index is 14.0. The van der Waals surface area contributed by atoms with Crippen molar-refractivity contribution in [1.82, 2.24) is 0 Å². The number of halogens is 1. The lowest BCUT2D eigenvalue weighted by Crippen LogP contribution is -2.55. The molecule has 7 heteroatoms. The van der Waals surface area contributed by atoms with Crippen LogP contribution in [0.15, 0.2) is 71.3 Å². The van der Waals surface area contributed by atoms with E-state index in [2.05, 4.69) is 22.6 Å². The van der Waals surface area contributed by atoms with E-state index in [1.807, 2.05) is 25.1 Å². The summed E-state index contributed by atoms with van der Waals surface area (Å²) in [7, 11) is 0. The maximum Gasteiger partial charge on any atom is 0.238 e. The second-order valence-electron chi connectivity index (χ2n) is 11.2. The third kappa shape index (κ3) is 3.36. The van der Waals surface area contributed by atoms with Gasteiger partial charge in [-0.3, -0.25) is 24.1 Å². The van der Waals surface area contributed by atoms with Gasteiger partial charge in [0.05, 0.1) is 22.9 Å². The summed E-state index contributed by atoms with van der Waals surface area (Å²) in [6.07, 6.45) is 2.81. The number of carbonyl (C=O) groups is 4. The van der Waals surface area contributed by atoms with Gasteiger partial charge in [0.15, 0.2) is 11.6 Å². The van der Waals surface area contributed by atoms with Gasteiger partial charge in [-0.05, 0) is 108 Å². The summed E-state index contributed by atoms with van der Waals surface area (Å²) >= 11 is 2.19. The minimum absolute atomic E-state index is 0.0477. The number of rotatable bonds is 2. The Morgan fingerprint density at radius 1 is 0.895 bits per heavy atom. The number of imide groups is 1. The zero-order valence-corrected chi connectivity index (χ0v) is 23.6. The van der Waals surface area contributed by atoms with E-state index >= 15 is 0 Å². The average Bonchev–Trinajstić information content (AvgIpc) is 3.16. The molecule has 0 radical (unpaired) electrons. The van der Waals surface area contributed by atoms with E-state index in [0.717, 1.165) is 14.7 Å². The van der Waals surface area contributed by atoms with Crippen LogP contribution in [0, 0.1) is 32.7 Å². The van der Waals surface area contributed by atoms with Gasteiger partial charge in [0.1, 0.15) is 5.75 Å². The predicted molar refractivity (Wildman–Crippen MR) is 150 cm³/mol. The first-order valence-corrected chi connectivity index (χ1v) is 14.0. The Hall–Kier alpha value is -3.07. The maximum absolute atomic E-state index is 14.0. The minimum Gasteiger partial charge on any atom is -0.508 e. The highest BCUT2D eigenvalue weighted by Gasteiger charge is 2.64. The lowest BCUT2D eigenvalue weighted by atomic mass is 9.46. The average molecular weight is 621 g/mol. The Kier molecular flexibility index (Phi) is 5.79. The quantitative estimate of drug-likeness (QED) is 0.278. The molecule has 1 saturated heterocycles. The third-order valence-corrected chi connectivity index (χ3v) is 10.2. The highest BCUT2D eigenvalue weighted by atomic mass is 127. The number of phenolic OH excluding ortho intramolecular Hbond substituents is 1. The second-order valence-corrected chi connectivity index (χ2v) is 12.5. The number of carbonyl (C=O) groups excluding carboxylic acids is 4. The molecule has 3 aliphatic carbocycles. The summed E-state index contributed by atoms with van der Waals surface area (Å²) in [5, 5.41) is 9.97. The van der Waals surface area contributed by atoms with E-state index in [0.29, 0.717) is 29.7 Å². The number of anilines is 1. The number of hydrogen-bond acceptors (Lipinski definition) is 5. The van der Waals surface area contributed by atoms with Crippen molar-refractivity contribution in [2.45, 2.75) is 39.5 Å². The van der Waals surface area contributed by atoms with Crippen molar-refractivity contribution in [2.24, 2.45) is 29.1 Å². The fourth-order valence-corrected chi connectivity index (χ4v) is 7.83. The third-order valence-electron chi connectivity index (χ3n) is 9.48. The van der Waals surface area contributed by atoms with E-state index in [-0.39, 0.29) is 35.0 Å². The molecule has 2 aromatic carbocycles. The molecule has 0 bridgehead atoms. The first-order chi connectivity index (χ1) is 18.1. The van der Waals surface area contributed by atoms with Gasteiger partial charge in [0.25, 0.3) is 0 Å². The SMILES string of the molecule is CC1=C(C)C(=O)[C@@]2(C)[C@@H](c3ccc(O)cc3)C3=CC[C@@H]4C(=O)N(c5ccc(I)cc5)C(=O)[C@@H]4[C@@H]3C[C@H]2C1=O. The lowest BCUT2D eigenvalue weighted by molar-refractivity contribution is -0.142. The molecule has 38 heavy (non-hydrogen) atoms. The summed E-state index contributed by atoms with van der Waals surface area (Å²) in [4.78, 5) is 56.6. The number of amides is 2. The first kappa shape index (κ1) is 25.2. The molecule has 0 spiro atoms. The number of nitrogens with zero attached hydrogens (tertiary/aromatic N) is 1. The monoisotopic (exact) mass is 621 g/mol. The van der Waals surface area contributed by atoms with Crippen LogP contribution < -0.4 is 4.90 Å². The number of fused-ring (bicyclic) bond motifs is 4. The number of ketones is 2. The number of allylic oxidation sites excluding steroid dienone is 4. The van der Waals surface area contributed by atoms with E-state index in [9.17, 15) is 24.3 Å². The van der Waals surface area contributed by atoms with Gasteiger partial charge in [-0.2, -0.15) is 0 Å². The molecule has 0 unspecified atom stereocenters. The molecular weight excluding hydrogens is 593 g/mol. The van der Waals surface area contributed by atoms with E-state index in [1.54, 1.807) is 50.2 Å². The molecule has 194 valence electrons. The fourth-order valence-electron chi connectivity index (χ4n) is 7.47. The molecule has 2 fully saturated rings. The molecule has 2 amide bonds. The molecular formula is C31H28INO5. The molecule has 6 rings (SSSR count). The van der Waals surface area contributed by atoms with Crippen LogP contribution in [-0.4, -0.2) is 28.5 Å². The van der Waals surface area contributed by atoms with Crippen LogP contribution in [0.4, 0.5) is 5.69 Å². The highest BCUT2D eigenvalue weighted by molar-refractivity contribution is 14.1. The van der Waals surface area contributed by atoms with Crippen molar-refractivity contribution in [3.05, 3.63) is 80.5 Å². The van der Waals surface area contributed by atoms with Gasteiger partial charge in [0.2, 0.25) is 11.8 Å². The van der Waals surface area contributed by atoms with Crippen LogP contribution in [0.1, 0.15) is 45.1 Å². The van der Waals surface area contributed by atoms with E-state index < -0.39 is 29.1 Å². The molecule has 4 aliphatic rings. The van der Waals surface area contributed by atoms with Crippen LogP contribution in [-0.2, 0) is 19.2 Å². The van der Waals surface area contributed by atoms with E-state index in [1.165, 1.54) is 4.90 Å². The molecule has 0 aromatic heterocycles. The van der Waals surface area contributed by atoms with Gasteiger partial charge >= 0.3 is 0 Å². The zero-order chi connectivity index (χ0) is 27.1. The summed E-state index contributed by atoms with van der Waals surface area (Å²) in [5.74, 6) is -2.88. The lowest BCUT2D eigenvalue weighted by Gasteiger charge is -2.54. The molecule has 6 nitrogen and oxygen atoms in total. The van der Waals surface area contributed by atoms with Gasteiger partial charge in [-0.15, -0.1) is 0 Å². The zero-order valence-electron chi connectivity index (χ0n) is 21.4. The van der Waals surface area contributed by atoms with Gasteiger partial charge in [-0.25, -0.2) is 0 Å². The fraction of sp³-hybridized carbons (Fsp3) is 0.355. The standard InChI is InChI=1S/C31H28INO5/c1-15-16(2)28(36)31(3)24(27(15)35)14-23-21(26(31)17-4-10-20(34)11-5-17)12-13-22-25(23)30(38)33(29(22)37)19-8-6-18(32)7-9-19/h4-12,22-26,34H,13-14H2,1-3H3/t22-,23+,24-,25-,26-,31+/m0/s1. The normalized spacial score (nSPS) is 32.7. The Bertz CT molecular complexity index is 1470. The summed E-state index contributed by atoms with van der Waals surface area (Å²) < 4.78 is 1.01. The Morgan fingerprint density at radius 3 is 2.21 bits per heavy atom. The predicted octanol–water partition coefficient (Wildman–Crippen LogP) is 5.35. The van der Waals surface area contributed by atoms with Crippen LogP contribution in [0.5, 0.6) is 5.75 Å². The van der Waals surface area contributed by atoms with Gasteiger partial charge in [-0.1, -0.05) is 30.7 Å². The van der Waals surface area contributed by atoms with Crippen LogP contribution >= 0.6 is 22.6 Å². The molecule has 1 aliphatic heterocycles. The molecule has 2 aromatic rings. The largest absolute Gasteiger partial charge is 0.508 e. The molecule has 6 atom stereocenters. The van der Waals surface area contributed by atoms with Crippen LogP contribution in [0.25, 0.3) is 0 Å². The Morgan fingerprint density at radius 2 is 1.55 bits per heavy atom. The molecule has 1 N–H and O–H groups in total. The van der Waals surface area contributed by atoms with E-state index in [4.69, 9.17) is 0 Å². The van der Waals surface area contributed by atoms with Crippen LogP contribution in [0.2, 0.25) is 0 Å². The molecule has 1 heterocycles. The second kappa shape index (κ2) is 8.73. The van der Waals surface area contributed by atoms with Crippen molar-refractivity contribution < 1.29 is 24.3 Å². The number of phenols is 1. The number of benzene rings is 2. The Labute approximate surface area is 234 Å². The number of hydrogen-bond donors (Lipinski definition) is 1. The molecule has 1 saturated carbocycles. The van der Waals surface area contributed by atoms with Gasteiger partial charge < -0.3 is 5.11 Å². The smallest absolute Gasteiger partial charge is 0.238 e. The summed E-state index contributed by atoms with van der Waals surface area (Å²) in [6.45, 7) is 5.32. The summed E-state index contributed by atoms with van der Waals surface area (Å²) in [6, 6.07) is 14.1. The Balaban J connectivity index is 1.50. The number of aromatic hydroxyl groups is 1. The topological polar surface area (TPSA) is 91.8 Å². The van der Waals surface area contributed by atoms with Crippen molar-refractivity contribution in [3.63, 3.8) is 0 Å². The number of Topliss-reactive ketones (excluding diaryl/α,β-unsaturated/α-hetero) is 2. The van der Waals surface area contributed by atoms with Crippen molar-refractivity contribution in [3.8, 4) is 5.75 Å². The highest BCUT2D eigenvalue weighted by Crippen LogP contribution is 2.63. The summed E-state index contributed by atoms with van der Waals surface area (Å²) in [5.41, 5.74) is 2.29. The first-order valence-electron chi connectivity index (χ1n) is 12.9. The van der Waals surface area contributed by atoms with Crippen molar-refractivity contribution in [2.75, 3.05) is 4.90 Å². The minimum atomic E-state index is -1.02. The van der Waals surface area contributed by atoms with Crippen LogP contribution in [0.3, 0.4) is 0 Å².